The molecule has 0 N–H and O–H groups in total. The van der Waals surface area contributed by atoms with Gasteiger partial charge < -0.3 is 4.74 Å². The molecule has 1 aromatic rings. The average Bonchev–Trinajstić information content (AvgIpc) is 2.26. The van der Waals surface area contributed by atoms with E-state index in [0.29, 0.717) is 18.3 Å². The lowest BCUT2D eigenvalue weighted by Crippen LogP contribution is -1.99. The maximum absolute atomic E-state index is 10.7. The van der Waals surface area contributed by atoms with Gasteiger partial charge in [-0.05, 0) is 12.1 Å². The molecule has 70 valence electrons. The van der Waals surface area contributed by atoms with Crippen LogP contribution in [0.1, 0.15) is 26.3 Å². The molecule has 0 aliphatic carbocycles. The summed E-state index contributed by atoms with van der Waals surface area (Å²) >= 11 is 0. The smallest absolute Gasteiger partial charge is 0.154 e. The van der Waals surface area contributed by atoms with Crippen molar-refractivity contribution in [3.8, 4) is 11.8 Å². The Kier molecular flexibility index (Phi) is 2.97. The number of methoxy groups -OCH3 is 1. The predicted molar refractivity (Wildman–Crippen MR) is 48.5 cm³/mol. The summed E-state index contributed by atoms with van der Waals surface area (Å²) < 4.78 is 4.88. The minimum Gasteiger partial charge on any atom is -0.496 e. The molecule has 0 fully saturated rings. The third-order valence-corrected chi connectivity index (χ3v) is 1.82. The molecule has 0 saturated heterocycles. The van der Waals surface area contributed by atoms with Gasteiger partial charge in [-0.25, -0.2) is 0 Å². The normalized spacial score (nSPS) is 8.86. The van der Waals surface area contributed by atoms with Crippen LogP contribution in [0.2, 0.25) is 0 Å². The van der Waals surface area contributed by atoms with Crippen LogP contribution in [0.15, 0.2) is 12.1 Å². The summed E-state index contributed by atoms with van der Waals surface area (Å²) in [6.07, 6.45) is 0.980. The van der Waals surface area contributed by atoms with E-state index < -0.39 is 0 Å². The first-order valence-electron chi connectivity index (χ1n) is 3.80. The summed E-state index contributed by atoms with van der Waals surface area (Å²) in [5.41, 5.74) is 0.353. The van der Waals surface area contributed by atoms with E-state index in [1.165, 1.54) is 19.2 Å². The van der Waals surface area contributed by atoms with Gasteiger partial charge in [0.25, 0.3) is 0 Å². The van der Waals surface area contributed by atoms with Crippen LogP contribution >= 0.6 is 0 Å². The van der Waals surface area contributed by atoms with Gasteiger partial charge in [-0.2, -0.15) is 5.26 Å². The first-order valence-corrected chi connectivity index (χ1v) is 3.80. The minimum absolute atomic E-state index is 0.0712. The number of rotatable bonds is 3. The Labute approximate surface area is 80.7 Å². The molecule has 4 nitrogen and oxygen atoms in total. The Morgan fingerprint density at radius 1 is 1.29 bits per heavy atom. The zero-order chi connectivity index (χ0) is 10.6. The van der Waals surface area contributed by atoms with Crippen LogP contribution in [0, 0.1) is 11.3 Å². The van der Waals surface area contributed by atoms with Crippen molar-refractivity contribution >= 4 is 12.6 Å². The highest BCUT2D eigenvalue weighted by molar-refractivity contribution is 5.95. The molecule has 0 aliphatic rings. The zero-order valence-electron chi connectivity index (χ0n) is 7.48. The topological polar surface area (TPSA) is 67.2 Å². The van der Waals surface area contributed by atoms with Crippen LogP contribution in [-0.2, 0) is 0 Å². The third-order valence-electron chi connectivity index (χ3n) is 1.82. The molecule has 0 heterocycles. The fourth-order valence-corrected chi connectivity index (χ4v) is 1.14. The number of nitrogens with zero attached hydrogens (tertiary/aromatic N) is 1. The van der Waals surface area contributed by atoms with Gasteiger partial charge in [0, 0.05) is 5.56 Å². The molecule has 1 rings (SSSR count). The molecule has 0 aromatic heterocycles. The molecule has 0 bridgehead atoms. The lowest BCUT2D eigenvalue weighted by atomic mass is 10.0. The number of hydrogen-bond donors (Lipinski definition) is 0. The van der Waals surface area contributed by atoms with Gasteiger partial charge in [0.15, 0.2) is 12.6 Å². The first kappa shape index (κ1) is 9.93. The Morgan fingerprint density at radius 2 is 1.93 bits per heavy atom. The molecule has 0 spiro atoms. The summed E-state index contributed by atoms with van der Waals surface area (Å²) in [7, 11) is 1.39. The fourth-order valence-electron chi connectivity index (χ4n) is 1.14. The summed E-state index contributed by atoms with van der Waals surface area (Å²) in [6.45, 7) is 0. The lowest BCUT2D eigenvalue weighted by molar-refractivity contribution is 0.109. The summed E-state index contributed by atoms with van der Waals surface area (Å²) in [5, 5.41) is 8.67. The Balaban J connectivity index is 3.53. The van der Waals surface area contributed by atoms with E-state index in [1.807, 2.05) is 6.07 Å². The number of carbonyl (C=O) groups excluding carboxylic acids is 2. The number of ether oxygens (including phenoxy) is 1. The number of nitriles is 1. The highest BCUT2D eigenvalue weighted by Crippen LogP contribution is 2.22. The second kappa shape index (κ2) is 4.19. The predicted octanol–water partition coefficient (Wildman–Crippen LogP) is 1.19. The SMILES string of the molecule is COc1ccc(C#N)c(C=O)c1C=O. The van der Waals surface area contributed by atoms with E-state index in [4.69, 9.17) is 10.00 Å². The van der Waals surface area contributed by atoms with Crippen LogP contribution in [-0.4, -0.2) is 19.7 Å². The highest BCUT2D eigenvalue weighted by atomic mass is 16.5. The summed E-state index contributed by atoms with van der Waals surface area (Å²) in [4.78, 5) is 21.4. The maximum Gasteiger partial charge on any atom is 0.154 e. The van der Waals surface area contributed by atoms with Crippen molar-refractivity contribution in [1.29, 1.82) is 5.26 Å². The van der Waals surface area contributed by atoms with Gasteiger partial charge in [0.1, 0.15) is 5.75 Å². The standard InChI is InChI=1S/C10H7NO3/c1-14-10-3-2-7(4-11)8(5-12)9(10)6-13/h2-3,5-6H,1H3. The van der Waals surface area contributed by atoms with Gasteiger partial charge in [0.2, 0.25) is 0 Å². The quantitative estimate of drug-likeness (QED) is 0.670. The van der Waals surface area contributed by atoms with Gasteiger partial charge in [-0.15, -0.1) is 0 Å². The van der Waals surface area contributed by atoms with Crippen molar-refractivity contribution in [1.82, 2.24) is 0 Å². The molecule has 0 atom stereocenters. The number of hydrogen-bond acceptors (Lipinski definition) is 4. The van der Waals surface area contributed by atoms with E-state index >= 15 is 0 Å². The molecule has 1 aromatic carbocycles. The minimum atomic E-state index is 0.0712. The first-order chi connectivity index (χ1) is 6.78. The van der Waals surface area contributed by atoms with Crippen LogP contribution in [0.3, 0.4) is 0 Å². The van der Waals surface area contributed by atoms with Crippen LogP contribution in [0.25, 0.3) is 0 Å². The van der Waals surface area contributed by atoms with Crippen molar-refractivity contribution in [2.24, 2.45) is 0 Å². The molecule has 4 heteroatoms. The zero-order valence-corrected chi connectivity index (χ0v) is 7.48. The third kappa shape index (κ3) is 1.48. The highest BCUT2D eigenvalue weighted by Gasteiger charge is 2.12. The number of aldehydes is 2. The number of carbonyl (C=O) groups is 2. The summed E-state index contributed by atoms with van der Waals surface area (Å²) in [5.74, 6) is 0.293. The molecule has 0 amide bonds. The Hall–Kier alpha value is -2.15. The van der Waals surface area contributed by atoms with Gasteiger partial charge in [0.05, 0.1) is 24.3 Å². The van der Waals surface area contributed by atoms with E-state index in [-0.39, 0.29) is 16.7 Å². The van der Waals surface area contributed by atoms with Crippen molar-refractivity contribution < 1.29 is 14.3 Å². The van der Waals surface area contributed by atoms with Gasteiger partial charge >= 0.3 is 0 Å². The Bertz CT molecular complexity index is 418. The fraction of sp³-hybridized carbons (Fsp3) is 0.100. The van der Waals surface area contributed by atoms with E-state index in [2.05, 4.69) is 0 Å². The van der Waals surface area contributed by atoms with Crippen LogP contribution in [0.5, 0.6) is 5.75 Å². The van der Waals surface area contributed by atoms with Crippen LogP contribution in [0.4, 0.5) is 0 Å². The Morgan fingerprint density at radius 3 is 2.36 bits per heavy atom. The molecule has 14 heavy (non-hydrogen) atoms. The van der Waals surface area contributed by atoms with Gasteiger partial charge in [-0.3, -0.25) is 9.59 Å². The largest absolute Gasteiger partial charge is 0.496 e. The average molecular weight is 189 g/mol. The van der Waals surface area contributed by atoms with Crippen molar-refractivity contribution in [2.45, 2.75) is 0 Å². The second-order valence-corrected chi connectivity index (χ2v) is 2.49. The van der Waals surface area contributed by atoms with Gasteiger partial charge in [-0.1, -0.05) is 0 Å². The molecular formula is C10H7NO3. The monoisotopic (exact) mass is 189 g/mol. The van der Waals surface area contributed by atoms with Crippen molar-refractivity contribution in [3.63, 3.8) is 0 Å². The molecule has 0 saturated carbocycles. The van der Waals surface area contributed by atoms with E-state index in [1.54, 1.807) is 0 Å². The van der Waals surface area contributed by atoms with Crippen molar-refractivity contribution in [3.05, 3.63) is 28.8 Å². The summed E-state index contributed by atoms with van der Waals surface area (Å²) in [6, 6.07) is 4.75. The molecular weight excluding hydrogens is 182 g/mol. The second-order valence-electron chi connectivity index (χ2n) is 2.49. The number of benzene rings is 1. The van der Waals surface area contributed by atoms with Crippen molar-refractivity contribution in [2.75, 3.05) is 7.11 Å². The molecule has 0 unspecified atom stereocenters. The molecule has 0 radical (unpaired) electrons. The lowest BCUT2D eigenvalue weighted by Gasteiger charge is -2.05. The van der Waals surface area contributed by atoms with Crippen LogP contribution < -0.4 is 4.74 Å². The molecule has 0 aliphatic heterocycles. The van der Waals surface area contributed by atoms with E-state index in [9.17, 15) is 9.59 Å². The maximum atomic E-state index is 10.7. The van der Waals surface area contributed by atoms with E-state index in [0.717, 1.165) is 0 Å².